The van der Waals surface area contributed by atoms with Crippen LogP contribution < -0.4 is 5.32 Å². The Hall–Kier alpha value is -2.71. The molecule has 0 spiro atoms. The van der Waals surface area contributed by atoms with E-state index in [2.05, 4.69) is 12.2 Å². The van der Waals surface area contributed by atoms with E-state index in [4.69, 9.17) is 9.47 Å². The SMILES string of the molecule is CCCC1=C(C(=O)OCC)[C@H](c2ccsc2)C2=C(C[C@@H](c3cccs3)[C@@H](C(=O)OCC)C2=O)N1. The van der Waals surface area contributed by atoms with Crippen molar-refractivity contribution in [3.8, 4) is 0 Å². The molecule has 8 heteroatoms. The number of Topliss-reactive ketones (excluding diaryl/α,β-unsaturated/α-hetero) is 1. The summed E-state index contributed by atoms with van der Waals surface area (Å²) >= 11 is 3.05. The number of hydrogen-bond donors (Lipinski definition) is 1. The molecular weight excluding hydrogens is 470 g/mol. The van der Waals surface area contributed by atoms with Gasteiger partial charge in [0.1, 0.15) is 5.92 Å². The first kappa shape index (κ1) is 24.4. The van der Waals surface area contributed by atoms with Crippen molar-refractivity contribution in [2.75, 3.05) is 13.2 Å². The Bertz CT molecular complexity index is 1110. The van der Waals surface area contributed by atoms with Gasteiger partial charge in [0, 0.05) is 33.7 Å². The van der Waals surface area contributed by atoms with Crippen molar-refractivity contribution in [2.45, 2.75) is 51.9 Å². The van der Waals surface area contributed by atoms with Crippen LogP contribution in [0.4, 0.5) is 0 Å². The lowest BCUT2D eigenvalue weighted by atomic mass is 9.68. The molecule has 1 aliphatic heterocycles. The predicted octanol–water partition coefficient (Wildman–Crippen LogP) is 5.30. The molecule has 3 atom stereocenters. The highest BCUT2D eigenvalue weighted by atomic mass is 32.1. The van der Waals surface area contributed by atoms with Crippen LogP contribution in [-0.4, -0.2) is 30.9 Å². The Morgan fingerprint density at radius 1 is 1.12 bits per heavy atom. The molecule has 0 fully saturated rings. The third-order valence-electron chi connectivity index (χ3n) is 6.22. The van der Waals surface area contributed by atoms with E-state index in [0.717, 1.165) is 28.3 Å². The number of thiophene rings is 2. The maximum atomic E-state index is 14.1. The lowest BCUT2D eigenvalue weighted by molar-refractivity contribution is -0.152. The van der Waals surface area contributed by atoms with Crippen molar-refractivity contribution >= 4 is 40.4 Å². The van der Waals surface area contributed by atoms with E-state index in [1.54, 1.807) is 13.8 Å². The normalized spacial score (nSPS) is 22.3. The van der Waals surface area contributed by atoms with Crippen LogP contribution in [0, 0.1) is 5.92 Å². The summed E-state index contributed by atoms with van der Waals surface area (Å²) in [7, 11) is 0. The second-order valence-corrected chi connectivity index (χ2v) is 10.0. The molecule has 1 aliphatic carbocycles. The number of allylic oxidation sites excluding steroid dienone is 3. The molecule has 3 heterocycles. The van der Waals surface area contributed by atoms with Crippen molar-refractivity contribution in [1.29, 1.82) is 0 Å². The van der Waals surface area contributed by atoms with Gasteiger partial charge in [-0.3, -0.25) is 9.59 Å². The Morgan fingerprint density at radius 3 is 2.53 bits per heavy atom. The largest absolute Gasteiger partial charge is 0.465 e. The van der Waals surface area contributed by atoms with Gasteiger partial charge in [0.25, 0.3) is 0 Å². The van der Waals surface area contributed by atoms with Crippen LogP contribution >= 0.6 is 22.7 Å². The van der Waals surface area contributed by atoms with Gasteiger partial charge in [0.05, 0.1) is 18.8 Å². The predicted molar refractivity (Wildman–Crippen MR) is 133 cm³/mol. The van der Waals surface area contributed by atoms with E-state index >= 15 is 0 Å². The molecule has 180 valence electrons. The molecule has 34 heavy (non-hydrogen) atoms. The fraction of sp³-hybridized carbons (Fsp3) is 0.423. The number of ether oxygens (including phenoxy) is 2. The lowest BCUT2D eigenvalue weighted by Crippen LogP contribution is -2.43. The molecular formula is C26H29NO5S2. The van der Waals surface area contributed by atoms with Crippen molar-refractivity contribution < 1.29 is 23.9 Å². The number of hydrogen-bond acceptors (Lipinski definition) is 8. The van der Waals surface area contributed by atoms with E-state index in [0.29, 0.717) is 24.0 Å². The topological polar surface area (TPSA) is 81.7 Å². The van der Waals surface area contributed by atoms with Crippen molar-refractivity contribution in [3.05, 3.63) is 67.3 Å². The molecule has 1 N–H and O–H groups in total. The molecule has 0 unspecified atom stereocenters. The van der Waals surface area contributed by atoms with Crippen molar-refractivity contribution in [2.24, 2.45) is 5.92 Å². The number of ketones is 1. The van der Waals surface area contributed by atoms with Gasteiger partial charge in [-0.2, -0.15) is 11.3 Å². The Kier molecular flexibility index (Phi) is 7.68. The number of carbonyl (C=O) groups is 3. The molecule has 6 nitrogen and oxygen atoms in total. The quantitative estimate of drug-likeness (QED) is 0.392. The number of dihydropyridines is 1. The fourth-order valence-electron chi connectivity index (χ4n) is 4.89. The van der Waals surface area contributed by atoms with Crippen molar-refractivity contribution in [3.63, 3.8) is 0 Å². The van der Waals surface area contributed by atoms with Crippen LogP contribution in [-0.2, 0) is 23.9 Å². The number of carbonyl (C=O) groups excluding carboxylic acids is 3. The number of rotatable bonds is 8. The molecule has 4 rings (SSSR count). The Morgan fingerprint density at radius 2 is 1.91 bits per heavy atom. The van der Waals surface area contributed by atoms with Crippen LogP contribution in [0.25, 0.3) is 0 Å². The average Bonchev–Trinajstić information content (AvgIpc) is 3.53. The van der Waals surface area contributed by atoms with Crippen LogP contribution in [0.3, 0.4) is 0 Å². The van der Waals surface area contributed by atoms with Gasteiger partial charge < -0.3 is 14.8 Å². The summed E-state index contributed by atoms with van der Waals surface area (Å²) in [5.41, 5.74) is 3.39. The number of nitrogens with one attached hydrogen (secondary N) is 1. The highest BCUT2D eigenvalue weighted by Gasteiger charge is 2.49. The lowest BCUT2D eigenvalue weighted by Gasteiger charge is -2.39. The zero-order chi connectivity index (χ0) is 24.2. The zero-order valence-corrected chi connectivity index (χ0v) is 21.2. The third kappa shape index (κ3) is 4.49. The minimum Gasteiger partial charge on any atom is -0.465 e. The molecule has 0 bridgehead atoms. The highest BCUT2D eigenvalue weighted by molar-refractivity contribution is 7.10. The van der Waals surface area contributed by atoms with E-state index in [1.807, 2.05) is 34.3 Å². The first-order valence-electron chi connectivity index (χ1n) is 11.7. The highest BCUT2D eigenvalue weighted by Crippen LogP contribution is 2.49. The molecule has 2 aliphatic rings. The Balaban J connectivity index is 1.88. The standard InChI is InChI=1S/C26H29NO5S2/c1-4-8-17-23(26(30)32-6-3)20(15-10-12-33-14-15)22-18(27-17)13-16(19-9-7-11-34-19)21(24(22)28)25(29)31-5-2/h7,9-12,14,16,20-21,27H,4-6,8,13H2,1-3H3/t16-,20+,21+/m0/s1. The molecule has 0 amide bonds. The first-order valence-corrected chi connectivity index (χ1v) is 13.5. The minimum atomic E-state index is -0.948. The first-order chi connectivity index (χ1) is 16.5. The second-order valence-electron chi connectivity index (χ2n) is 8.29. The summed E-state index contributed by atoms with van der Waals surface area (Å²) in [6.45, 7) is 6.01. The summed E-state index contributed by atoms with van der Waals surface area (Å²) in [5.74, 6) is -3.05. The molecule has 2 aromatic rings. The molecule has 0 aromatic carbocycles. The van der Waals surface area contributed by atoms with Gasteiger partial charge in [-0.25, -0.2) is 4.79 Å². The van der Waals surface area contributed by atoms with E-state index in [9.17, 15) is 14.4 Å². The Labute approximate surface area is 207 Å². The molecule has 0 saturated heterocycles. The summed E-state index contributed by atoms with van der Waals surface area (Å²) < 4.78 is 10.8. The summed E-state index contributed by atoms with van der Waals surface area (Å²) in [5, 5.41) is 9.29. The maximum absolute atomic E-state index is 14.1. The van der Waals surface area contributed by atoms with E-state index in [-0.39, 0.29) is 24.9 Å². The second kappa shape index (κ2) is 10.7. The number of esters is 2. The monoisotopic (exact) mass is 499 g/mol. The average molecular weight is 500 g/mol. The third-order valence-corrected chi connectivity index (χ3v) is 7.93. The van der Waals surface area contributed by atoms with Gasteiger partial charge in [-0.05, 0) is 60.5 Å². The molecule has 0 saturated carbocycles. The van der Waals surface area contributed by atoms with Crippen LogP contribution in [0.2, 0.25) is 0 Å². The summed E-state index contributed by atoms with van der Waals surface area (Å²) in [4.78, 5) is 41.4. The minimum absolute atomic E-state index is 0.201. The van der Waals surface area contributed by atoms with Crippen LogP contribution in [0.15, 0.2) is 56.9 Å². The van der Waals surface area contributed by atoms with Crippen LogP contribution in [0.1, 0.15) is 62.3 Å². The van der Waals surface area contributed by atoms with E-state index in [1.165, 1.54) is 22.7 Å². The van der Waals surface area contributed by atoms with Gasteiger partial charge in [-0.1, -0.05) is 19.4 Å². The smallest absolute Gasteiger partial charge is 0.336 e. The van der Waals surface area contributed by atoms with E-state index < -0.39 is 23.8 Å². The molecule has 0 radical (unpaired) electrons. The van der Waals surface area contributed by atoms with Gasteiger partial charge in [0.2, 0.25) is 0 Å². The zero-order valence-electron chi connectivity index (χ0n) is 19.6. The maximum Gasteiger partial charge on any atom is 0.336 e. The van der Waals surface area contributed by atoms with Gasteiger partial charge in [0.15, 0.2) is 5.78 Å². The fourth-order valence-corrected chi connectivity index (χ4v) is 6.44. The van der Waals surface area contributed by atoms with Crippen molar-refractivity contribution in [1.82, 2.24) is 5.32 Å². The van der Waals surface area contributed by atoms with Gasteiger partial charge in [-0.15, -0.1) is 11.3 Å². The summed E-state index contributed by atoms with van der Waals surface area (Å²) in [6, 6.07) is 5.83. The van der Waals surface area contributed by atoms with Crippen LogP contribution in [0.5, 0.6) is 0 Å². The summed E-state index contributed by atoms with van der Waals surface area (Å²) in [6.07, 6.45) is 1.98. The molecule has 2 aromatic heterocycles. The van der Waals surface area contributed by atoms with Gasteiger partial charge >= 0.3 is 11.9 Å².